The molecular formula is C19H25N3O3. The zero-order valence-electron chi connectivity index (χ0n) is 14.7. The van der Waals surface area contributed by atoms with Gasteiger partial charge in [-0.2, -0.15) is 0 Å². The van der Waals surface area contributed by atoms with E-state index in [0.717, 1.165) is 32.1 Å². The fourth-order valence-corrected chi connectivity index (χ4v) is 4.12. The maximum absolute atomic E-state index is 12.8. The molecule has 0 aromatic heterocycles. The Bertz CT molecular complexity index is 674. The fraction of sp³-hybridized carbons (Fsp3) is 0.526. The number of fused-ring (bicyclic) bond motifs is 2. The lowest BCUT2D eigenvalue weighted by atomic mass is 9.82. The summed E-state index contributed by atoms with van der Waals surface area (Å²) in [6.45, 7) is 3.05. The van der Waals surface area contributed by atoms with E-state index in [4.69, 9.17) is 0 Å². The van der Waals surface area contributed by atoms with Crippen molar-refractivity contribution in [1.29, 1.82) is 0 Å². The first-order valence-corrected chi connectivity index (χ1v) is 8.91. The quantitative estimate of drug-likeness (QED) is 0.828. The van der Waals surface area contributed by atoms with Gasteiger partial charge in [-0.15, -0.1) is 0 Å². The van der Waals surface area contributed by atoms with E-state index in [1.165, 1.54) is 13.8 Å². The monoisotopic (exact) mass is 343 g/mol. The van der Waals surface area contributed by atoms with Crippen LogP contribution in [0.2, 0.25) is 0 Å². The summed E-state index contributed by atoms with van der Waals surface area (Å²) < 4.78 is 0. The molecule has 2 aliphatic rings. The molecule has 0 spiro atoms. The predicted molar refractivity (Wildman–Crippen MR) is 95.6 cm³/mol. The minimum absolute atomic E-state index is 0.0120. The average Bonchev–Trinajstić information content (AvgIpc) is 2.53. The van der Waals surface area contributed by atoms with Crippen molar-refractivity contribution in [2.75, 3.05) is 5.32 Å². The number of urea groups is 1. The van der Waals surface area contributed by atoms with Crippen LogP contribution in [0.3, 0.4) is 0 Å². The molecule has 2 aliphatic heterocycles. The molecular weight excluding hydrogens is 318 g/mol. The molecule has 3 amide bonds. The van der Waals surface area contributed by atoms with Gasteiger partial charge in [0.1, 0.15) is 0 Å². The second-order valence-corrected chi connectivity index (χ2v) is 7.08. The largest absolute Gasteiger partial charge is 0.353 e. The van der Waals surface area contributed by atoms with Gasteiger partial charge in [0.05, 0.1) is 0 Å². The molecule has 0 saturated carbocycles. The van der Waals surface area contributed by atoms with Gasteiger partial charge in [-0.3, -0.25) is 9.59 Å². The molecule has 2 bridgehead atoms. The topological polar surface area (TPSA) is 78.5 Å². The maximum Gasteiger partial charge on any atom is 0.322 e. The lowest BCUT2D eigenvalue weighted by molar-refractivity contribution is -0.120. The van der Waals surface area contributed by atoms with Crippen LogP contribution in [0.5, 0.6) is 0 Å². The Kier molecular flexibility index (Phi) is 5.06. The van der Waals surface area contributed by atoms with E-state index in [0.29, 0.717) is 11.3 Å². The fourth-order valence-electron chi connectivity index (χ4n) is 4.12. The molecule has 134 valence electrons. The third-order valence-electron chi connectivity index (χ3n) is 5.14. The minimum atomic E-state index is -0.114. The van der Waals surface area contributed by atoms with Gasteiger partial charge in [-0.05, 0) is 51.2 Å². The number of anilines is 1. The van der Waals surface area contributed by atoms with E-state index < -0.39 is 0 Å². The van der Waals surface area contributed by atoms with Gasteiger partial charge in [0.2, 0.25) is 5.91 Å². The normalized spacial score (nSPS) is 25.2. The summed E-state index contributed by atoms with van der Waals surface area (Å²) in [7, 11) is 0. The molecule has 25 heavy (non-hydrogen) atoms. The van der Waals surface area contributed by atoms with Crippen molar-refractivity contribution in [3.8, 4) is 0 Å². The van der Waals surface area contributed by atoms with Crippen molar-refractivity contribution in [2.24, 2.45) is 0 Å². The summed E-state index contributed by atoms with van der Waals surface area (Å²) in [6, 6.07) is 7.36. The van der Waals surface area contributed by atoms with E-state index in [-0.39, 0.29) is 35.8 Å². The zero-order chi connectivity index (χ0) is 18.0. The first-order chi connectivity index (χ1) is 11.9. The number of benzene rings is 1. The SMILES string of the molecule is CC(=O)NC1C[C@H]2CCC[C@H](C1)N2C(=O)Nc1cccc(C(C)=O)c1. The second kappa shape index (κ2) is 7.25. The van der Waals surface area contributed by atoms with E-state index >= 15 is 0 Å². The standard InChI is InChI=1S/C19H25N3O3/c1-12(23)14-5-3-6-15(9-14)21-19(25)22-17-7-4-8-18(22)11-16(10-17)20-13(2)24/h3,5-6,9,16-18H,4,7-8,10-11H2,1-2H3,(H,20,24)(H,21,25)/t17-,18-/m1/s1. The summed E-state index contributed by atoms with van der Waals surface area (Å²) in [5.41, 5.74) is 1.22. The van der Waals surface area contributed by atoms with Crippen molar-refractivity contribution in [3.63, 3.8) is 0 Å². The number of ketones is 1. The van der Waals surface area contributed by atoms with E-state index in [1.807, 2.05) is 4.90 Å². The second-order valence-electron chi connectivity index (χ2n) is 7.08. The first-order valence-electron chi connectivity index (χ1n) is 8.91. The molecule has 2 fully saturated rings. The third kappa shape index (κ3) is 4.00. The van der Waals surface area contributed by atoms with Gasteiger partial charge in [-0.25, -0.2) is 4.79 Å². The molecule has 2 atom stereocenters. The van der Waals surface area contributed by atoms with Crippen LogP contribution in [0.1, 0.15) is 56.3 Å². The van der Waals surface area contributed by atoms with E-state index in [1.54, 1.807) is 24.3 Å². The molecule has 1 aromatic rings. The van der Waals surface area contributed by atoms with Crippen molar-refractivity contribution in [3.05, 3.63) is 29.8 Å². The Balaban J connectivity index is 1.71. The number of rotatable bonds is 3. The number of Topliss-reactive ketones (excluding diaryl/α,β-unsaturated/α-hetero) is 1. The predicted octanol–water partition coefficient (Wildman–Crippen LogP) is 2.94. The van der Waals surface area contributed by atoms with Gasteiger partial charge >= 0.3 is 6.03 Å². The maximum atomic E-state index is 12.8. The number of carbonyl (C=O) groups excluding carboxylic acids is 3. The Hall–Kier alpha value is -2.37. The van der Waals surface area contributed by atoms with Crippen LogP contribution in [-0.2, 0) is 4.79 Å². The molecule has 0 aliphatic carbocycles. The van der Waals surface area contributed by atoms with Crippen molar-refractivity contribution >= 4 is 23.4 Å². The number of nitrogens with one attached hydrogen (secondary N) is 2. The molecule has 0 radical (unpaired) electrons. The summed E-state index contributed by atoms with van der Waals surface area (Å²) in [4.78, 5) is 37.6. The van der Waals surface area contributed by atoms with Crippen LogP contribution in [0.4, 0.5) is 10.5 Å². The summed E-state index contributed by atoms with van der Waals surface area (Å²) in [5.74, 6) is -0.0360. The highest BCUT2D eigenvalue weighted by Crippen LogP contribution is 2.34. The summed E-state index contributed by atoms with van der Waals surface area (Å²) in [5, 5.41) is 5.94. The van der Waals surface area contributed by atoms with Crippen molar-refractivity contribution < 1.29 is 14.4 Å². The molecule has 1 aromatic carbocycles. The molecule has 6 nitrogen and oxygen atoms in total. The highest BCUT2D eigenvalue weighted by atomic mass is 16.2. The molecule has 6 heteroatoms. The Morgan fingerprint density at radius 3 is 2.36 bits per heavy atom. The molecule has 2 saturated heterocycles. The van der Waals surface area contributed by atoms with Gasteiger partial charge in [0, 0.05) is 36.3 Å². The highest BCUT2D eigenvalue weighted by Gasteiger charge is 2.41. The van der Waals surface area contributed by atoms with Crippen LogP contribution in [-0.4, -0.2) is 40.7 Å². The zero-order valence-corrected chi connectivity index (χ0v) is 14.7. The number of hydrogen-bond acceptors (Lipinski definition) is 3. The number of amides is 3. The van der Waals surface area contributed by atoms with Gasteiger partial charge in [0.25, 0.3) is 0 Å². The molecule has 0 unspecified atom stereocenters. The molecule has 2 heterocycles. The van der Waals surface area contributed by atoms with Crippen molar-refractivity contribution in [1.82, 2.24) is 10.2 Å². The van der Waals surface area contributed by atoms with Crippen molar-refractivity contribution in [2.45, 2.75) is 64.1 Å². The number of piperidine rings is 2. The van der Waals surface area contributed by atoms with Crippen LogP contribution < -0.4 is 10.6 Å². The van der Waals surface area contributed by atoms with Crippen LogP contribution in [0.15, 0.2) is 24.3 Å². The lowest BCUT2D eigenvalue weighted by Crippen LogP contribution is -2.59. The van der Waals surface area contributed by atoms with Crippen LogP contribution in [0.25, 0.3) is 0 Å². The molecule has 2 N–H and O–H groups in total. The van der Waals surface area contributed by atoms with E-state index in [2.05, 4.69) is 10.6 Å². The smallest absolute Gasteiger partial charge is 0.322 e. The lowest BCUT2D eigenvalue weighted by Gasteiger charge is -2.48. The first kappa shape index (κ1) is 17.5. The van der Waals surface area contributed by atoms with E-state index in [9.17, 15) is 14.4 Å². The Morgan fingerprint density at radius 2 is 1.76 bits per heavy atom. The molecule has 3 rings (SSSR count). The van der Waals surface area contributed by atoms with Gasteiger partial charge in [0.15, 0.2) is 5.78 Å². The Labute approximate surface area is 148 Å². The minimum Gasteiger partial charge on any atom is -0.353 e. The summed E-state index contributed by atoms with van der Waals surface area (Å²) in [6.07, 6.45) is 4.65. The Morgan fingerprint density at radius 1 is 1.08 bits per heavy atom. The average molecular weight is 343 g/mol. The van der Waals surface area contributed by atoms with Gasteiger partial charge < -0.3 is 15.5 Å². The number of carbonyl (C=O) groups is 3. The number of nitrogens with zero attached hydrogens (tertiary/aromatic N) is 1. The highest BCUT2D eigenvalue weighted by molar-refractivity contribution is 5.96. The van der Waals surface area contributed by atoms with Crippen LogP contribution >= 0.6 is 0 Å². The number of hydrogen-bond donors (Lipinski definition) is 2. The third-order valence-corrected chi connectivity index (χ3v) is 5.14. The van der Waals surface area contributed by atoms with Crippen LogP contribution in [0, 0.1) is 0 Å². The summed E-state index contributed by atoms with van der Waals surface area (Å²) >= 11 is 0. The van der Waals surface area contributed by atoms with Gasteiger partial charge in [-0.1, -0.05) is 12.1 Å².